The number of benzene rings is 2. The molecule has 4 heteroatoms. The minimum absolute atomic E-state index is 0.0729. The van der Waals surface area contributed by atoms with Crippen LogP contribution in [0, 0.1) is 5.92 Å². The van der Waals surface area contributed by atoms with Gasteiger partial charge in [0.05, 0.1) is 12.2 Å². The van der Waals surface area contributed by atoms with E-state index in [1.54, 1.807) is 0 Å². The van der Waals surface area contributed by atoms with E-state index in [0.29, 0.717) is 30.4 Å². The van der Waals surface area contributed by atoms with Gasteiger partial charge in [-0.15, -0.1) is 0 Å². The fraction of sp³-hybridized carbons (Fsp3) is 0.381. The molecular weight excluding hydrogens is 312 g/mol. The molecule has 0 saturated heterocycles. The lowest BCUT2D eigenvalue weighted by molar-refractivity contribution is 0.0944. The first kappa shape index (κ1) is 16.2. The van der Waals surface area contributed by atoms with Gasteiger partial charge >= 0.3 is 0 Å². The second kappa shape index (κ2) is 7.28. The predicted molar refractivity (Wildman–Crippen MR) is 97.9 cm³/mol. The quantitative estimate of drug-likeness (QED) is 0.852. The molecular formula is C21H24N2O2. The molecule has 1 fully saturated rings. The number of hydrogen-bond acceptors (Lipinski definition) is 3. The third kappa shape index (κ3) is 3.85. The summed E-state index contributed by atoms with van der Waals surface area (Å²) in [6.07, 6.45) is 3.51. The topological polar surface area (TPSA) is 50.4 Å². The van der Waals surface area contributed by atoms with Crippen LogP contribution < -0.4 is 15.4 Å². The van der Waals surface area contributed by atoms with Crippen LogP contribution in [-0.2, 0) is 6.42 Å². The molecule has 25 heavy (non-hydrogen) atoms. The van der Waals surface area contributed by atoms with E-state index >= 15 is 0 Å². The van der Waals surface area contributed by atoms with Crippen molar-refractivity contribution in [2.24, 2.45) is 5.92 Å². The zero-order chi connectivity index (χ0) is 17.1. The summed E-state index contributed by atoms with van der Waals surface area (Å²) in [5.74, 6) is 1.28. The van der Waals surface area contributed by atoms with E-state index in [1.165, 1.54) is 24.0 Å². The van der Waals surface area contributed by atoms with Gasteiger partial charge in [-0.1, -0.05) is 36.4 Å². The Balaban J connectivity index is 1.41. The van der Waals surface area contributed by atoms with E-state index < -0.39 is 0 Å². The summed E-state index contributed by atoms with van der Waals surface area (Å²) in [5.41, 5.74) is 3.27. The average Bonchev–Trinajstić information content (AvgIpc) is 3.49. The Morgan fingerprint density at radius 2 is 1.92 bits per heavy atom. The van der Waals surface area contributed by atoms with Crippen LogP contribution in [0.4, 0.5) is 0 Å². The van der Waals surface area contributed by atoms with Gasteiger partial charge in [0.15, 0.2) is 0 Å². The van der Waals surface area contributed by atoms with Crippen molar-refractivity contribution in [1.29, 1.82) is 0 Å². The predicted octanol–water partition coefficient (Wildman–Crippen LogP) is 3.09. The number of fused-ring (bicyclic) bond motifs is 1. The lowest BCUT2D eigenvalue weighted by Crippen LogP contribution is -2.38. The Morgan fingerprint density at radius 1 is 1.12 bits per heavy atom. The van der Waals surface area contributed by atoms with Crippen molar-refractivity contribution in [1.82, 2.24) is 10.6 Å². The van der Waals surface area contributed by atoms with Gasteiger partial charge in [-0.2, -0.15) is 0 Å². The third-order valence-electron chi connectivity index (χ3n) is 4.99. The van der Waals surface area contributed by atoms with Crippen molar-refractivity contribution in [3.63, 3.8) is 0 Å². The van der Waals surface area contributed by atoms with Crippen LogP contribution in [0.2, 0.25) is 0 Å². The second-order valence-electron chi connectivity index (χ2n) is 6.92. The molecule has 2 aromatic carbocycles. The molecule has 1 aliphatic heterocycles. The molecule has 1 amide bonds. The van der Waals surface area contributed by atoms with Gasteiger partial charge in [0.1, 0.15) is 5.75 Å². The molecule has 0 spiro atoms. The Hall–Kier alpha value is -2.33. The Bertz CT molecular complexity index is 755. The van der Waals surface area contributed by atoms with Gasteiger partial charge < -0.3 is 15.4 Å². The van der Waals surface area contributed by atoms with E-state index in [9.17, 15) is 4.79 Å². The number of rotatable bonds is 6. The number of nitrogens with one attached hydrogen (secondary N) is 2. The van der Waals surface area contributed by atoms with E-state index in [1.807, 2.05) is 24.3 Å². The average molecular weight is 336 g/mol. The molecule has 1 heterocycles. The van der Waals surface area contributed by atoms with Gasteiger partial charge in [0, 0.05) is 12.6 Å². The number of ether oxygens (including phenoxy) is 1. The normalized spacial score (nSPS) is 19.1. The highest BCUT2D eigenvalue weighted by molar-refractivity contribution is 5.96. The van der Waals surface area contributed by atoms with E-state index in [4.69, 9.17) is 4.74 Å². The zero-order valence-corrected chi connectivity index (χ0v) is 14.3. The summed E-state index contributed by atoms with van der Waals surface area (Å²) in [6, 6.07) is 16.1. The molecule has 2 N–H and O–H groups in total. The van der Waals surface area contributed by atoms with Crippen LogP contribution >= 0.6 is 0 Å². The highest BCUT2D eigenvalue weighted by Gasteiger charge is 2.24. The van der Waals surface area contributed by atoms with Crippen molar-refractivity contribution < 1.29 is 9.53 Å². The molecule has 0 radical (unpaired) electrons. The first-order valence-corrected chi connectivity index (χ1v) is 9.12. The van der Waals surface area contributed by atoms with Crippen molar-refractivity contribution in [3.8, 4) is 5.75 Å². The standard InChI is InChI=1S/C21H24N2O2/c24-21(18-7-3-4-8-20(18)25-14-15-9-10-15)23-13-19-17-6-2-1-5-16(17)11-12-22-19/h1-8,15,19,22H,9-14H2,(H,23,24). The number of carbonyl (C=O) groups is 1. The Morgan fingerprint density at radius 3 is 2.80 bits per heavy atom. The number of carbonyl (C=O) groups excluding carboxylic acids is 1. The van der Waals surface area contributed by atoms with Crippen molar-refractivity contribution in [3.05, 3.63) is 65.2 Å². The molecule has 1 atom stereocenters. The van der Waals surface area contributed by atoms with E-state index in [2.05, 4.69) is 34.9 Å². The number of hydrogen-bond donors (Lipinski definition) is 2. The van der Waals surface area contributed by atoms with Crippen molar-refractivity contribution >= 4 is 5.91 Å². The SMILES string of the molecule is O=C(NCC1NCCc2ccccc21)c1ccccc1OCC1CC1. The highest BCUT2D eigenvalue weighted by atomic mass is 16.5. The molecule has 2 aromatic rings. The van der Waals surface area contributed by atoms with Gasteiger partial charge in [-0.25, -0.2) is 0 Å². The first-order valence-electron chi connectivity index (χ1n) is 9.12. The summed E-state index contributed by atoms with van der Waals surface area (Å²) < 4.78 is 5.85. The highest BCUT2D eigenvalue weighted by Crippen LogP contribution is 2.30. The van der Waals surface area contributed by atoms with Crippen LogP contribution in [0.15, 0.2) is 48.5 Å². The molecule has 2 aliphatic rings. The maximum Gasteiger partial charge on any atom is 0.255 e. The maximum atomic E-state index is 12.7. The van der Waals surface area contributed by atoms with Crippen LogP contribution in [0.1, 0.15) is 40.4 Å². The van der Waals surface area contributed by atoms with Crippen molar-refractivity contribution in [2.45, 2.75) is 25.3 Å². The van der Waals surface area contributed by atoms with Crippen LogP contribution in [0.25, 0.3) is 0 Å². The van der Waals surface area contributed by atoms with Gasteiger partial charge in [0.2, 0.25) is 0 Å². The van der Waals surface area contributed by atoms with Crippen molar-refractivity contribution in [2.75, 3.05) is 19.7 Å². The third-order valence-corrected chi connectivity index (χ3v) is 4.99. The minimum Gasteiger partial charge on any atom is -0.492 e. The molecule has 1 saturated carbocycles. The van der Waals surface area contributed by atoms with E-state index in [0.717, 1.165) is 13.0 Å². The van der Waals surface area contributed by atoms with Crippen LogP contribution in [0.3, 0.4) is 0 Å². The van der Waals surface area contributed by atoms with Crippen LogP contribution in [0.5, 0.6) is 5.75 Å². The largest absolute Gasteiger partial charge is 0.492 e. The maximum absolute atomic E-state index is 12.7. The lowest BCUT2D eigenvalue weighted by atomic mass is 9.94. The smallest absolute Gasteiger partial charge is 0.255 e. The molecule has 4 rings (SSSR count). The summed E-state index contributed by atoms with van der Waals surface area (Å²) in [4.78, 5) is 12.7. The Labute approximate surface area is 148 Å². The van der Waals surface area contributed by atoms with Gasteiger partial charge in [-0.3, -0.25) is 4.79 Å². The van der Waals surface area contributed by atoms with Crippen LogP contribution in [-0.4, -0.2) is 25.6 Å². The summed E-state index contributed by atoms with van der Waals surface area (Å²) in [7, 11) is 0. The molecule has 4 nitrogen and oxygen atoms in total. The summed E-state index contributed by atoms with van der Waals surface area (Å²) >= 11 is 0. The molecule has 1 unspecified atom stereocenters. The fourth-order valence-electron chi connectivity index (χ4n) is 3.34. The number of para-hydroxylation sites is 1. The zero-order valence-electron chi connectivity index (χ0n) is 14.3. The van der Waals surface area contributed by atoms with E-state index in [-0.39, 0.29) is 11.9 Å². The summed E-state index contributed by atoms with van der Waals surface area (Å²) in [6.45, 7) is 2.23. The second-order valence-corrected chi connectivity index (χ2v) is 6.92. The van der Waals surface area contributed by atoms with Gasteiger partial charge in [-0.05, 0) is 55.0 Å². The Kier molecular flexibility index (Phi) is 4.70. The monoisotopic (exact) mass is 336 g/mol. The molecule has 0 aromatic heterocycles. The lowest BCUT2D eigenvalue weighted by Gasteiger charge is -2.27. The number of amides is 1. The first-order chi connectivity index (χ1) is 12.3. The summed E-state index contributed by atoms with van der Waals surface area (Å²) in [5, 5.41) is 6.57. The van der Waals surface area contributed by atoms with Gasteiger partial charge in [0.25, 0.3) is 5.91 Å². The molecule has 1 aliphatic carbocycles. The fourth-order valence-corrected chi connectivity index (χ4v) is 3.34. The molecule has 0 bridgehead atoms. The molecule has 130 valence electrons. The minimum atomic E-state index is -0.0729.